The highest BCUT2D eigenvalue weighted by molar-refractivity contribution is 5.92. The maximum absolute atomic E-state index is 12.8. The second-order valence-electron chi connectivity index (χ2n) is 8.70. The standard InChI is InChI=1S/C27H26N8O7/c1-39-26(38)18-5-7-19(8-6-18)40-10-9-35-22-21(15-31-35)32-23(33-24(22)36)25(37)28-14-17-3-2-4-20(13-17)41-11-12-42-27-29-16-30-34-27/h2-8,13,15-16H,9-12,14H2,1H3,(H,28,37)(H,29,30,34)(H,32,33,36). The van der Waals surface area contributed by atoms with Gasteiger partial charge < -0.3 is 29.2 Å². The molecule has 15 nitrogen and oxygen atoms in total. The summed E-state index contributed by atoms with van der Waals surface area (Å²) < 4.78 is 22.8. The summed E-state index contributed by atoms with van der Waals surface area (Å²) >= 11 is 0. The Bertz CT molecular complexity index is 1710. The summed E-state index contributed by atoms with van der Waals surface area (Å²) in [5.74, 6) is 0.0221. The zero-order valence-corrected chi connectivity index (χ0v) is 22.4. The average Bonchev–Trinajstić information content (AvgIpc) is 3.69. The molecule has 0 saturated heterocycles. The summed E-state index contributed by atoms with van der Waals surface area (Å²) in [5, 5.41) is 13.3. The number of hydrogen-bond donors (Lipinski definition) is 3. The number of carbonyl (C=O) groups excluding carboxylic acids is 2. The minimum atomic E-state index is -0.549. The molecule has 0 bridgehead atoms. The number of nitrogens with zero attached hydrogens (tertiary/aromatic N) is 5. The average molecular weight is 575 g/mol. The van der Waals surface area contributed by atoms with Gasteiger partial charge in [-0.1, -0.05) is 12.1 Å². The Kier molecular flexibility index (Phi) is 8.67. The van der Waals surface area contributed by atoms with Gasteiger partial charge in [-0.15, -0.1) is 0 Å². The van der Waals surface area contributed by atoms with E-state index in [2.05, 4.69) is 40.3 Å². The lowest BCUT2D eigenvalue weighted by atomic mass is 10.2. The molecule has 216 valence electrons. The van der Waals surface area contributed by atoms with Crippen LogP contribution in [0.3, 0.4) is 0 Å². The number of methoxy groups -OCH3 is 1. The number of aromatic nitrogens is 7. The third-order valence-corrected chi connectivity index (χ3v) is 5.90. The smallest absolute Gasteiger partial charge is 0.337 e. The van der Waals surface area contributed by atoms with Crippen LogP contribution in [0.25, 0.3) is 11.0 Å². The van der Waals surface area contributed by atoms with Crippen molar-refractivity contribution in [1.29, 1.82) is 0 Å². The number of amides is 1. The molecule has 0 fully saturated rings. The van der Waals surface area contributed by atoms with Gasteiger partial charge in [0.1, 0.15) is 43.2 Å². The van der Waals surface area contributed by atoms with Crippen molar-refractivity contribution >= 4 is 22.9 Å². The van der Waals surface area contributed by atoms with Crippen LogP contribution >= 0.6 is 0 Å². The largest absolute Gasteiger partial charge is 0.492 e. The highest BCUT2D eigenvalue weighted by atomic mass is 16.5. The van der Waals surface area contributed by atoms with Gasteiger partial charge in [-0.3, -0.25) is 14.3 Å². The summed E-state index contributed by atoms with van der Waals surface area (Å²) in [6.45, 7) is 1.19. The van der Waals surface area contributed by atoms with Crippen LogP contribution in [0, 0.1) is 0 Å². The van der Waals surface area contributed by atoms with Crippen LogP contribution in [0.2, 0.25) is 0 Å². The Labute approximate surface area is 237 Å². The molecule has 15 heteroatoms. The number of nitrogens with one attached hydrogen (secondary N) is 3. The maximum atomic E-state index is 12.8. The van der Waals surface area contributed by atoms with Gasteiger partial charge in [0.25, 0.3) is 11.5 Å². The maximum Gasteiger partial charge on any atom is 0.337 e. The molecular weight excluding hydrogens is 548 g/mol. The van der Waals surface area contributed by atoms with Crippen LogP contribution in [0.15, 0.2) is 65.8 Å². The van der Waals surface area contributed by atoms with E-state index in [0.717, 1.165) is 5.56 Å². The minimum absolute atomic E-state index is 0.133. The Morgan fingerprint density at radius 3 is 2.60 bits per heavy atom. The molecule has 0 saturated carbocycles. The predicted molar refractivity (Wildman–Crippen MR) is 146 cm³/mol. The monoisotopic (exact) mass is 574 g/mol. The van der Waals surface area contributed by atoms with Gasteiger partial charge in [-0.25, -0.2) is 14.9 Å². The molecular formula is C27H26N8O7. The number of hydrogen-bond acceptors (Lipinski definition) is 11. The Morgan fingerprint density at radius 1 is 1.00 bits per heavy atom. The van der Waals surface area contributed by atoms with Crippen LogP contribution in [-0.4, -0.2) is 73.7 Å². The fraction of sp³-hybridized carbons (Fsp3) is 0.222. The van der Waals surface area contributed by atoms with Gasteiger partial charge in [0, 0.05) is 6.54 Å². The van der Waals surface area contributed by atoms with Crippen molar-refractivity contribution in [3.05, 3.63) is 88.4 Å². The number of H-pyrrole nitrogens is 2. The van der Waals surface area contributed by atoms with Crippen molar-refractivity contribution in [2.75, 3.05) is 26.9 Å². The topological polar surface area (TPSA) is 188 Å². The summed E-state index contributed by atoms with van der Waals surface area (Å²) in [5.41, 5.74) is 1.17. The molecule has 2 aromatic carbocycles. The summed E-state index contributed by atoms with van der Waals surface area (Å²) in [4.78, 5) is 47.8. The first-order valence-corrected chi connectivity index (χ1v) is 12.8. The summed E-state index contributed by atoms with van der Waals surface area (Å²) in [6.07, 6.45) is 2.76. The van der Waals surface area contributed by atoms with Crippen molar-refractivity contribution in [2.24, 2.45) is 0 Å². The SMILES string of the molecule is COC(=O)c1ccc(OCCn2ncc3nc(C(=O)NCc4cccc(OCCOc5ncn[nH]5)c4)[nH]c(=O)c32)cc1. The van der Waals surface area contributed by atoms with E-state index < -0.39 is 17.4 Å². The molecule has 3 heterocycles. The fourth-order valence-corrected chi connectivity index (χ4v) is 3.91. The van der Waals surface area contributed by atoms with Gasteiger partial charge in [0.2, 0.25) is 0 Å². The highest BCUT2D eigenvalue weighted by Gasteiger charge is 2.15. The molecule has 0 atom stereocenters. The normalized spacial score (nSPS) is 10.8. The molecule has 1 amide bonds. The third-order valence-electron chi connectivity index (χ3n) is 5.90. The van der Waals surface area contributed by atoms with Gasteiger partial charge in [0.05, 0.1) is 25.4 Å². The van der Waals surface area contributed by atoms with Crippen molar-refractivity contribution < 1.29 is 28.5 Å². The zero-order chi connectivity index (χ0) is 29.3. The number of benzene rings is 2. The molecule has 0 aliphatic heterocycles. The van der Waals surface area contributed by atoms with Crippen LogP contribution < -0.4 is 25.1 Å². The summed E-state index contributed by atoms with van der Waals surface area (Å²) in [6, 6.07) is 14.0. The van der Waals surface area contributed by atoms with Crippen molar-refractivity contribution in [2.45, 2.75) is 13.1 Å². The van der Waals surface area contributed by atoms with Crippen LogP contribution in [0.1, 0.15) is 26.5 Å². The molecule has 5 aromatic rings. The summed E-state index contributed by atoms with van der Waals surface area (Å²) in [7, 11) is 1.31. The van der Waals surface area contributed by atoms with Crippen LogP contribution in [0.4, 0.5) is 0 Å². The molecule has 3 N–H and O–H groups in total. The van der Waals surface area contributed by atoms with Crippen molar-refractivity contribution in [3.63, 3.8) is 0 Å². The van der Waals surface area contributed by atoms with E-state index in [1.807, 2.05) is 6.07 Å². The first-order chi connectivity index (χ1) is 20.5. The Hall–Kier alpha value is -5.73. The van der Waals surface area contributed by atoms with E-state index in [1.54, 1.807) is 42.5 Å². The predicted octanol–water partition coefficient (Wildman–Crippen LogP) is 1.49. The first kappa shape index (κ1) is 27.8. The third kappa shape index (κ3) is 6.88. The molecule has 3 aromatic heterocycles. The number of carbonyl (C=O) groups is 2. The molecule has 0 radical (unpaired) electrons. The zero-order valence-electron chi connectivity index (χ0n) is 22.4. The molecule has 42 heavy (non-hydrogen) atoms. The van der Waals surface area contributed by atoms with E-state index >= 15 is 0 Å². The Balaban J connectivity index is 1.13. The molecule has 0 unspecified atom stereocenters. The van der Waals surface area contributed by atoms with Gasteiger partial charge in [-0.2, -0.15) is 15.2 Å². The second-order valence-corrected chi connectivity index (χ2v) is 8.70. The lowest BCUT2D eigenvalue weighted by Gasteiger charge is -2.09. The number of aromatic amines is 2. The van der Waals surface area contributed by atoms with E-state index in [9.17, 15) is 14.4 Å². The van der Waals surface area contributed by atoms with Crippen LogP contribution in [-0.2, 0) is 17.8 Å². The van der Waals surface area contributed by atoms with Gasteiger partial charge >= 0.3 is 12.0 Å². The van der Waals surface area contributed by atoms with E-state index in [4.69, 9.17) is 14.2 Å². The molecule has 0 aliphatic rings. The quantitative estimate of drug-likeness (QED) is 0.136. The minimum Gasteiger partial charge on any atom is -0.492 e. The number of rotatable bonds is 13. The second kappa shape index (κ2) is 13.1. The molecule has 5 rings (SSSR count). The number of esters is 1. The fourth-order valence-electron chi connectivity index (χ4n) is 3.91. The van der Waals surface area contributed by atoms with E-state index in [-0.39, 0.29) is 49.8 Å². The number of ether oxygens (including phenoxy) is 4. The van der Waals surface area contributed by atoms with E-state index in [1.165, 1.54) is 24.3 Å². The number of fused-ring (bicyclic) bond motifs is 1. The van der Waals surface area contributed by atoms with E-state index in [0.29, 0.717) is 23.1 Å². The van der Waals surface area contributed by atoms with Crippen molar-refractivity contribution in [1.82, 2.24) is 40.2 Å². The lowest BCUT2D eigenvalue weighted by Crippen LogP contribution is -2.28. The van der Waals surface area contributed by atoms with Crippen LogP contribution in [0.5, 0.6) is 17.5 Å². The van der Waals surface area contributed by atoms with Gasteiger partial charge in [0.15, 0.2) is 11.3 Å². The molecule has 0 aliphatic carbocycles. The van der Waals surface area contributed by atoms with Crippen molar-refractivity contribution in [3.8, 4) is 17.5 Å². The van der Waals surface area contributed by atoms with Gasteiger partial charge in [-0.05, 0) is 42.0 Å². The first-order valence-electron chi connectivity index (χ1n) is 12.8. The lowest BCUT2D eigenvalue weighted by molar-refractivity contribution is 0.0600. The Morgan fingerprint density at radius 2 is 1.81 bits per heavy atom. The highest BCUT2D eigenvalue weighted by Crippen LogP contribution is 2.15. The molecule has 0 spiro atoms.